The Balaban J connectivity index is 1.75. The van der Waals surface area contributed by atoms with Gasteiger partial charge in [0.05, 0.1) is 7.11 Å². The number of para-hydroxylation sites is 1. The van der Waals surface area contributed by atoms with Gasteiger partial charge in [0, 0.05) is 6.04 Å². The minimum atomic E-state index is 0.480. The molecule has 0 heterocycles. The van der Waals surface area contributed by atoms with Crippen molar-refractivity contribution in [2.75, 3.05) is 14.2 Å². The van der Waals surface area contributed by atoms with Crippen molar-refractivity contribution < 1.29 is 4.74 Å². The molecule has 2 nitrogen and oxygen atoms in total. The van der Waals surface area contributed by atoms with Gasteiger partial charge in [-0.2, -0.15) is 0 Å². The summed E-state index contributed by atoms with van der Waals surface area (Å²) in [5, 5.41) is 3.52. The molecule has 1 unspecified atom stereocenters. The molecule has 2 aromatic carbocycles. The summed E-state index contributed by atoms with van der Waals surface area (Å²) in [5.41, 5.74) is 4.32. The van der Waals surface area contributed by atoms with E-state index < -0.39 is 0 Å². The van der Waals surface area contributed by atoms with Gasteiger partial charge in [-0.15, -0.1) is 0 Å². The lowest BCUT2D eigenvalue weighted by Gasteiger charge is -2.24. The Morgan fingerprint density at radius 2 is 1.67 bits per heavy atom. The van der Waals surface area contributed by atoms with Gasteiger partial charge in [-0.25, -0.2) is 0 Å². The Labute approximate surface area is 127 Å². The Kier molecular flexibility index (Phi) is 4.26. The number of methoxy groups -OCH3 is 1. The zero-order valence-electron chi connectivity index (χ0n) is 12.8. The molecule has 0 radical (unpaired) electrons. The number of rotatable bonds is 5. The van der Waals surface area contributed by atoms with E-state index >= 15 is 0 Å². The monoisotopic (exact) mass is 281 g/mol. The molecule has 0 amide bonds. The number of nitrogens with one attached hydrogen (secondary N) is 1. The molecule has 0 saturated carbocycles. The molecule has 0 saturated heterocycles. The van der Waals surface area contributed by atoms with E-state index in [1.807, 2.05) is 12.1 Å². The number of hydrogen-bond acceptors (Lipinski definition) is 2. The fourth-order valence-corrected chi connectivity index (χ4v) is 3.49. The highest BCUT2D eigenvalue weighted by atomic mass is 16.5. The van der Waals surface area contributed by atoms with Crippen molar-refractivity contribution in [3.05, 3.63) is 65.2 Å². The fourth-order valence-electron chi connectivity index (χ4n) is 3.49. The Morgan fingerprint density at radius 1 is 1.05 bits per heavy atom. The summed E-state index contributed by atoms with van der Waals surface area (Å²) in [7, 11) is 3.82. The maximum Gasteiger partial charge on any atom is 0.122 e. The summed E-state index contributed by atoms with van der Waals surface area (Å²) in [6, 6.07) is 17.7. The number of hydrogen-bond donors (Lipinski definition) is 1. The Hall–Kier alpha value is -1.80. The molecule has 0 aromatic heterocycles. The number of ether oxygens (including phenoxy) is 1. The van der Waals surface area contributed by atoms with Crippen LogP contribution >= 0.6 is 0 Å². The van der Waals surface area contributed by atoms with Gasteiger partial charge < -0.3 is 10.1 Å². The highest BCUT2D eigenvalue weighted by Gasteiger charge is 2.28. The molecular weight excluding hydrogens is 258 g/mol. The highest BCUT2D eigenvalue weighted by Crippen LogP contribution is 2.31. The van der Waals surface area contributed by atoms with Crippen molar-refractivity contribution in [2.45, 2.75) is 25.3 Å². The van der Waals surface area contributed by atoms with Gasteiger partial charge in [0.2, 0.25) is 0 Å². The number of fused-ring (bicyclic) bond motifs is 1. The van der Waals surface area contributed by atoms with Crippen molar-refractivity contribution in [2.24, 2.45) is 5.92 Å². The topological polar surface area (TPSA) is 21.3 Å². The molecular formula is C19H23NO. The van der Waals surface area contributed by atoms with Crippen LogP contribution in [0.2, 0.25) is 0 Å². The van der Waals surface area contributed by atoms with E-state index in [4.69, 9.17) is 4.74 Å². The molecule has 0 bridgehead atoms. The lowest BCUT2D eigenvalue weighted by Crippen LogP contribution is -2.36. The van der Waals surface area contributed by atoms with Gasteiger partial charge in [0.25, 0.3) is 0 Å². The van der Waals surface area contributed by atoms with Crippen LogP contribution in [0.5, 0.6) is 5.75 Å². The van der Waals surface area contributed by atoms with Crippen molar-refractivity contribution in [3.8, 4) is 5.75 Å². The quantitative estimate of drug-likeness (QED) is 0.908. The first-order chi connectivity index (χ1) is 10.3. The van der Waals surface area contributed by atoms with E-state index in [2.05, 4.69) is 48.8 Å². The summed E-state index contributed by atoms with van der Waals surface area (Å²) in [6.07, 6.45) is 3.37. The molecule has 110 valence electrons. The summed E-state index contributed by atoms with van der Waals surface area (Å²) in [5.74, 6) is 1.66. The lowest BCUT2D eigenvalue weighted by atomic mass is 9.91. The molecule has 0 fully saturated rings. The van der Waals surface area contributed by atoms with E-state index in [9.17, 15) is 0 Å². The third-order valence-electron chi connectivity index (χ3n) is 4.65. The third kappa shape index (κ3) is 2.96. The first-order valence-electron chi connectivity index (χ1n) is 7.67. The van der Waals surface area contributed by atoms with E-state index in [0.717, 1.165) is 12.2 Å². The van der Waals surface area contributed by atoms with Gasteiger partial charge in [-0.05, 0) is 55.0 Å². The first kappa shape index (κ1) is 14.2. The smallest absolute Gasteiger partial charge is 0.122 e. The molecule has 1 aliphatic carbocycles. The Morgan fingerprint density at radius 3 is 2.29 bits per heavy atom. The summed E-state index contributed by atoms with van der Waals surface area (Å²) in [6.45, 7) is 0. The fraction of sp³-hybridized carbons (Fsp3) is 0.368. The average Bonchev–Trinajstić information content (AvgIpc) is 2.96. The zero-order chi connectivity index (χ0) is 14.7. The zero-order valence-corrected chi connectivity index (χ0v) is 12.8. The van der Waals surface area contributed by atoms with E-state index in [1.165, 1.54) is 29.5 Å². The second-order valence-corrected chi connectivity index (χ2v) is 5.85. The van der Waals surface area contributed by atoms with Crippen molar-refractivity contribution in [1.29, 1.82) is 0 Å². The minimum Gasteiger partial charge on any atom is -0.496 e. The molecule has 2 aromatic rings. The van der Waals surface area contributed by atoms with Gasteiger partial charge >= 0.3 is 0 Å². The molecule has 1 atom stereocenters. The molecule has 1 N–H and O–H groups in total. The minimum absolute atomic E-state index is 0.480. The largest absolute Gasteiger partial charge is 0.496 e. The van der Waals surface area contributed by atoms with Gasteiger partial charge in [0.15, 0.2) is 0 Å². The van der Waals surface area contributed by atoms with Crippen LogP contribution in [-0.4, -0.2) is 20.2 Å². The van der Waals surface area contributed by atoms with Crippen molar-refractivity contribution in [1.82, 2.24) is 5.32 Å². The first-order valence-corrected chi connectivity index (χ1v) is 7.67. The molecule has 0 spiro atoms. The van der Waals surface area contributed by atoms with Crippen LogP contribution in [0.15, 0.2) is 48.5 Å². The maximum absolute atomic E-state index is 5.49. The van der Waals surface area contributed by atoms with Crippen LogP contribution in [0.25, 0.3) is 0 Å². The number of likely N-dealkylation sites (N-methyl/N-ethyl adjacent to an activating group) is 1. The normalized spacial score (nSPS) is 15.7. The van der Waals surface area contributed by atoms with Crippen LogP contribution in [-0.2, 0) is 19.3 Å². The van der Waals surface area contributed by atoms with Crippen LogP contribution in [0.4, 0.5) is 0 Å². The summed E-state index contributed by atoms with van der Waals surface area (Å²) in [4.78, 5) is 0. The van der Waals surface area contributed by atoms with Gasteiger partial charge in [-0.1, -0.05) is 42.5 Å². The van der Waals surface area contributed by atoms with Crippen LogP contribution in [0.3, 0.4) is 0 Å². The number of benzene rings is 2. The molecule has 3 rings (SSSR count). The predicted octanol–water partition coefficient (Wildman–Crippen LogP) is 3.24. The highest BCUT2D eigenvalue weighted by molar-refractivity contribution is 5.36. The maximum atomic E-state index is 5.49. The average molecular weight is 281 g/mol. The van der Waals surface area contributed by atoms with Crippen LogP contribution in [0, 0.1) is 5.92 Å². The lowest BCUT2D eigenvalue weighted by molar-refractivity contribution is 0.370. The second-order valence-electron chi connectivity index (χ2n) is 5.85. The molecule has 0 aliphatic heterocycles. The molecule has 21 heavy (non-hydrogen) atoms. The predicted molar refractivity (Wildman–Crippen MR) is 86.9 cm³/mol. The van der Waals surface area contributed by atoms with Gasteiger partial charge in [0.1, 0.15) is 5.75 Å². The second kappa shape index (κ2) is 6.31. The third-order valence-corrected chi connectivity index (χ3v) is 4.65. The summed E-state index contributed by atoms with van der Waals surface area (Å²) >= 11 is 0. The van der Waals surface area contributed by atoms with Crippen molar-refractivity contribution >= 4 is 0 Å². The molecule has 2 heteroatoms. The molecule has 1 aliphatic rings. The summed E-state index contributed by atoms with van der Waals surface area (Å²) < 4.78 is 5.49. The van der Waals surface area contributed by atoms with E-state index in [-0.39, 0.29) is 0 Å². The van der Waals surface area contributed by atoms with Crippen LogP contribution in [0.1, 0.15) is 16.7 Å². The van der Waals surface area contributed by atoms with E-state index in [0.29, 0.717) is 12.0 Å². The van der Waals surface area contributed by atoms with Gasteiger partial charge in [-0.3, -0.25) is 0 Å². The standard InChI is InChI=1S/C19H23NO/c1-20-18(13-16-9-5-6-10-19(16)21-2)17-11-14-7-3-4-8-15(14)12-17/h3-10,17-18,20H,11-13H2,1-2H3. The van der Waals surface area contributed by atoms with E-state index in [1.54, 1.807) is 7.11 Å². The van der Waals surface area contributed by atoms with Crippen molar-refractivity contribution in [3.63, 3.8) is 0 Å². The Bertz CT molecular complexity index is 583. The van der Waals surface area contributed by atoms with Crippen LogP contribution < -0.4 is 10.1 Å². The SMILES string of the molecule is CNC(Cc1ccccc1OC)C1Cc2ccccc2C1.